The summed E-state index contributed by atoms with van der Waals surface area (Å²) in [5, 5.41) is 0. The minimum absolute atomic E-state index is 0.101. The van der Waals surface area contributed by atoms with Gasteiger partial charge >= 0.3 is 0 Å². The molecule has 2 rings (SSSR count). The molecule has 0 aliphatic carbocycles. The zero-order valence-electron chi connectivity index (χ0n) is 11.2. The van der Waals surface area contributed by atoms with Crippen LogP contribution in [0.3, 0.4) is 0 Å². The van der Waals surface area contributed by atoms with E-state index in [0.717, 1.165) is 18.8 Å². The van der Waals surface area contributed by atoms with E-state index in [1.807, 2.05) is 12.1 Å². The molecule has 1 aliphatic rings. The van der Waals surface area contributed by atoms with Crippen molar-refractivity contribution in [1.29, 1.82) is 0 Å². The van der Waals surface area contributed by atoms with Crippen LogP contribution in [0.1, 0.15) is 26.3 Å². The molecular formula is C14H22N2O. The molecule has 0 radical (unpaired) electrons. The molecule has 3 nitrogen and oxygen atoms in total. The number of nitrogens with two attached hydrogens (primary N) is 1. The number of aryl methyl sites for hydroxylation is 1. The number of nitrogen functional groups attached to an aromatic ring is 1. The molecule has 0 amide bonds. The molecule has 1 saturated heterocycles. The van der Waals surface area contributed by atoms with Gasteiger partial charge in [0, 0.05) is 24.5 Å². The van der Waals surface area contributed by atoms with Crippen LogP contribution in [0, 0.1) is 6.92 Å². The highest BCUT2D eigenvalue weighted by Crippen LogP contribution is 2.27. The van der Waals surface area contributed by atoms with E-state index in [-0.39, 0.29) is 11.7 Å². The van der Waals surface area contributed by atoms with Gasteiger partial charge < -0.3 is 15.4 Å². The molecule has 1 aromatic carbocycles. The fraction of sp³-hybridized carbons (Fsp3) is 0.571. The van der Waals surface area contributed by atoms with Crippen LogP contribution in [0.25, 0.3) is 0 Å². The lowest BCUT2D eigenvalue weighted by Gasteiger charge is -2.43. The average Bonchev–Trinajstić information content (AvgIpc) is 2.12. The number of hydrogen-bond acceptors (Lipinski definition) is 3. The van der Waals surface area contributed by atoms with E-state index in [1.165, 1.54) is 11.3 Å². The standard InChI is InChI=1S/C14H22N2O/c1-10-5-12(15)7-13(6-10)16-8-11(2)17-14(3,4)9-16/h5-7,11H,8-9,15H2,1-4H3. The molecule has 1 aliphatic heterocycles. The van der Waals surface area contributed by atoms with Gasteiger partial charge in [-0.25, -0.2) is 0 Å². The summed E-state index contributed by atoms with van der Waals surface area (Å²) < 4.78 is 5.91. The largest absolute Gasteiger partial charge is 0.399 e. The quantitative estimate of drug-likeness (QED) is 0.759. The second kappa shape index (κ2) is 4.22. The third-order valence-corrected chi connectivity index (χ3v) is 3.02. The highest BCUT2D eigenvalue weighted by atomic mass is 16.5. The van der Waals surface area contributed by atoms with E-state index < -0.39 is 0 Å². The van der Waals surface area contributed by atoms with Crippen LogP contribution in [-0.2, 0) is 4.74 Å². The van der Waals surface area contributed by atoms with Crippen molar-refractivity contribution in [3.8, 4) is 0 Å². The molecule has 1 unspecified atom stereocenters. The normalized spacial score (nSPS) is 23.8. The van der Waals surface area contributed by atoms with Gasteiger partial charge in [-0.3, -0.25) is 0 Å². The Morgan fingerprint density at radius 3 is 2.65 bits per heavy atom. The third kappa shape index (κ3) is 2.91. The first-order valence-corrected chi connectivity index (χ1v) is 6.16. The number of anilines is 2. The van der Waals surface area contributed by atoms with E-state index in [2.05, 4.69) is 38.7 Å². The summed E-state index contributed by atoms with van der Waals surface area (Å²) in [4.78, 5) is 2.36. The number of ether oxygens (including phenoxy) is 1. The van der Waals surface area contributed by atoms with Crippen molar-refractivity contribution in [3.05, 3.63) is 23.8 Å². The van der Waals surface area contributed by atoms with Crippen LogP contribution in [0.15, 0.2) is 18.2 Å². The van der Waals surface area contributed by atoms with E-state index in [4.69, 9.17) is 10.5 Å². The van der Waals surface area contributed by atoms with Gasteiger partial charge in [0.05, 0.1) is 11.7 Å². The van der Waals surface area contributed by atoms with Crippen molar-refractivity contribution in [3.63, 3.8) is 0 Å². The summed E-state index contributed by atoms with van der Waals surface area (Å²) in [6, 6.07) is 6.23. The van der Waals surface area contributed by atoms with Crippen LogP contribution in [0.5, 0.6) is 0 Å². The van der Waals surface area contributed by atoms with E-state index in [0.29, 0.717) is 0 Å². The monoisotopic (exact) mass is 234 g/mol. The Balaban J connectivity index is 2.26. The maximum atomic E-state index is 5.91. The molecule has 17 heavy (non-hydrogen) atoms. The highest BCUT2D eigenvalue weighted by molar-refractivity contribution is 5.58. The van der Waals surface area contributed by atoms with Crippen molar-refractivity contribution in [2.24, 2.45) is 0 Å². The topological polar surface area (TPSA) is 38.5 Å². The molecular weight excluding hydrogens is 212 g/mol. The molecule has 1 fully saturated rings. The predicted molar refractivity (Wildman–Crippen MR) is 72.4 cm³/mol. The van der Waals surface area contributed by atoms with Gasteiger partial charge in [0.15, 0.2) is 0 Å². The molecule has 1 atom stereocenters. The summed E-state index contributed by atoms with van der Waals surface area (Å²) in [6.45, 7) is 10.3. The summed E-state index contributed by atoms with van der Waals surface area (Å²) in [5.74, 6) is 0. The van der Waals surface area contributed by atoms with Crippen molar-refractivity contribution in [2.75, 3.05) is 23.7 Å². The summed E-state index contributed by atoms with van der Waals surface area (Å²) in [6.07, 6.45) is 0.250. The van der Waals surface area contributed by atoms with E-state index in [1.54, 1.807) is 0 Å². The maximum absolute atomic E-state index is 5.91. The Bertz CT molecular complexity index is 394. The molecule has 0 saturated carbocycles. The molecule has 0 bridgehead atoms. The molecule has 1 aromatic rings. The smallest absolute Gasteiger partial charge is 0.0805 e. The van der Waals surface area contributed by atoms with Crippen LogP contribution in [-0.4, -0.2) is 24.8 Å². The lowest BCUT2D eigenvalue weighted by atomic mass is 10.0. The highest BCUT2D eigenvalue weighted by Gasteiger charge is 2.31. The lowest BCUT2D eigenvalue weighted by Crippen LogP contribution is -2.52. The lowest BCUT2D eigenvalue weighted by molar-refractivity contribution is -0.0749. The van der Waals surface area contributed by atoms with E-state index in [9.17, 15) is 0 Å². The molecule has 0 aromatic heterocycles. The number of rotatable bonds is 1. The Labute approximate surface area is 104 Å². The zero-order chi connectivity index (χ0) is 12.6. The molecule has 2 N–H and O–H groups in total. The third-order valence-electron chi connectivity index (χ3n) is 3.02. The van der Waals surface area contributed by atoms with Crippen molar-refractivity contribution >= 4 is 11.4 Å². The number of nitrogens with zero attached hydrogens (tertiary/aromatic N) is 1. The van der Waals surface area contributed by atoms with Gasteiger partial charge in [0.25, 0.3) is 0 Å². The Morgan fingerprint density at radius 2 is 2.06 bits per heavy atom. The van der Waals surface area contributed by atoms with Gasteiger partial charge in [-0.15, -0.1) is 0 Å². The van der Waals surface area contributed by atoms with Crippen LogP contribution >= 0.6 is 0 Å². The summed E-state index contributed by atoms with van der Waals surface area (Å²) >= 11 is 0. The second-order valence-electron chi connectivity index (χ2n) is 5.67. The fourth-order valence-electron chi connectivity index (χ4n) is 2.62. The van der Waals surface area contributed by atoms with Gasteiger partial charge in [-0.2, -0.15) is 0 Å². The molecule has 3 heteroatoms. The first kappa shape index (κ1) is 12.2. The summed E-state index contributed by atoms with van der Waals surface area (Å²) in [7, 11) is 0. The van der Waals surface area contributed by atoms with Crippen molar-refractivity contribution in [2.45, 2.75) is 39.4 Å². The second-order valence-corrected chi connectivity index (χ2v) is 5.67. The Kier molecular flexibility index (Phi) is 3.04. The first-order chi connectivity index (χ1) is 7.85. The van der Waals surface area contributed by atoms with Crippen LogP contribution in [0.4, 0.5) is 11.4 Å². The van der Waals surface area contributed by atoms with Gasteiger partial charge in [0.1, 0.15) is 0 Å². The Hall–Kier alpha value is -1.22. The van der Waals surface area contributed by atoms with Gasteiger partial charge in [-0.05, 0) is 51.5 Å². The zero-order valence-corrected chi connectivity index (χ0v) is 11.2. The Morgan fingerprint density at radius 1 is 1.35 bits per heavy atom. The molecule has 94 valence electrons. The van der Waals surface area contributed by atoms with Gasteiger partial charge in [-0.1, -0.05) is 0 Å². The SMILES string of the molecule is Cc1cc(N)cc(N2CC(C)OC(C)(C)C2)c1. The predicted octanol–water partition coefficient (Wildman–Crippen LogP) is 2.58. The first-order valence-electron chi connectivity index (χ1n) is 6.16. The minimum Gasteiger partial charge on any atom is -0.399 e. The number of morpholine rings is 1. The number of benzene rings is 1. The van der Waals surface area contributed by atoms with Gasteiger partial charge in [0.2, 0.25) is 0 Å². The van der Waals surface area contributed by atoms with Crippen LogP contribution in [0.2, 0.25) is 0 Å². The molecule has 0 spiro atoms. The van der Waals surface area contributed by atoms with Crippen molar-refractivity contribution < 1.29 is 4.74 Å². The molecule has 1 heterocycles. The maximum Gasteiger partial charge on any atom is 0.0805 e. The van der Waals surface area contributed by atoms with Crippen molar-refractivity contribution in [1.82, 2.24) is 0 Å². The average molecular weight is 234 g/mol. The van der Waals surface area contributed by atoms with Crippen LogP contribution < -0.4 is 10.6 Å². The minimum atomic E-state index is -0.101. The summed E-state index contributed by atoms with van der Waals surface area (Å²) in [5.41, 5.74) is 9.05. The fourth-order valence-corrected chi connectivity index (χ4v) is 2.62. The number of hydrogen-bond donors (Lipinski definition) is 1. The van der Waals surface area contributed by atoms with E-state index >= 15 is 0 Å².